The standard InChI is InChI=1S/C25H30N2O2S/c1-16-8-6-10-21(18(16)3)26-25(29)19-11-12-23-22(13-19)27(24(28)15-30-23)14-20-9-5-4-7-17(20)2/h4-5,7,9,11-13,16,18,21H,6,8,10,14-15H2,1-3H3,(H,26,29)/t16-,18+,21+/m1/s1. The Morgan fingerprint density at radius 3 is 2.77 bits per heavy atom. The van der Waals surface area contributed by atoms with Gasteiger partial charge in [-0.2, -0.15) is 0 Å². The topological polar surface area (TPSA) is 49.4 Å². The number of carbonyl (C=O) groups is 2. The van der Waals surface area contributed by atoms with E-state index in [0.29, 0.717) is 29.7 Å². The highest BCUT2D eigenvalue weighted by Gasteiger charge is 2.30. The lowest BCUT2D eigenvalue weighted by atomic mass is 9.78. The van der Waals surface area contributed by atoms with Gasteiger partial charge < -0.3 is 10.2 Å². The third-order valence-corrected chi connectivity index (χ3v) is 7.82. The maximum absolute atomic E-state index is 13.0. The van der Waals surface area contributed by atoms with Crippen LogP contribution in [0.2, 0.25) is 0 Å². The van der Waals surface area contributed by atoms with Gasteiger partial charge in [0.05, 0.1) is 18.0 Å². The van der Waals surface area contributed by atoms with E-state index >= 15 is 0 Å². The zero-order valence-electron chi connectivity index (χ0n) is 18.0. The molecular weight excluding hydrogens is 392 g/mol. The van der Waals surface area contributed by atoms with Crippen LogP contribution in [0.15, 0.2) is 47.4 Å². The van der Waals surface area contributed by atoms with Crippen LogP contribution in [0.1, 0.15) is 54.6 Å². The molecule has 5 heteroatoms. The summed E-state index contributed by atoms with van der Waals surface area (Å²) in [6.07, 6.45) is 3.44. The van der Waals surface area contributed by atoms with Crippen molar-refractivity contribution in [2.45, 2.75) is 57.5 Å². The van der Waals surface area contributed by atoms with E-state index in [1.165, 1.54) is 12.0 Å². The van der Waals surface area contributed by atoms with Crippen molar-refractivity contribution in [2.24, 2.45) is 11.8 Å². The fourth-order valence-corrected chi connectivity index (χ4v) is 5.43. The number of nitrogens with one attached hydrogen (secondary N) is 1. The largest absolute Gasteiger partial charge is 0.349 e. The van der Waals surface area contributed by atoms with E-state index in [0.717, 1.165) is 29.0 Å². The first-order valence-electron chi connectivity index (χ1n) is 10.9. The van der Waals surface area contributed by atoms with Gasteiger partial charge in [0.15, 0.2) is 0 Å². The van der Waals surface area contributed by atoms with E-state index in [1.807, 2.05) is 35.2 Å². The predicted molar refractivity (Wildman–Crippen MR) is 123 cm³/mol. The first-order chi connectivity index (χ1) is 14.4. The van der Waals surface area contributed by atoms with Gasteiger partial charge in [-0.15, -0.1) is 11.8 Å². The average molecular weight is 423 g/mol. The Bertz CT molecular complexity index is 958. The van der Waals surface area contributed by atoms with Gasteiger partial charge >= 0.3 is 0 Å². The van der Waals surface area contributed by atoms with Gasteiger partial charge in [-0.05, 0) is 54.5 Å². The molecule has 0 unspecified atom stereocenters. The number of nitrogens with zero attached hydrogens (tertiary/aromatic N) is 1. The van der Waals surface area contributed by atoms with E-state index in [9.17, 15) is 9.59 Å². The van der Waals surface area contributed by atoms with Crippen LogP contribution in [0.4, 0.5) is 5.69 Å². The van der Waals surface area contributed by atoms with Crippen LogP contribution >= 0.6 is 11.8 Å². The Labute approximate surface area is 183 Å². The number of thioether (sulfide) groups is 1. The van der Waals surface area contributed by atoms with E-state index in [-0.39, 0.29) is 17.9 Å². The minimum Gasteiger partial charge on any atom is -0.349 e. The van der Waals surface area contributed by atoms with Crippen molar-refractivity contribution in [2.75, 3.05) is 10.7 Å². The molecule has 0 saturated heterocycles. The molecule has 4 rings (SSSR count). The van der Waals surface area contributed by atoms with Gasteiger partial charge in [0.2, 0.25) is 5.91 Å². The van der Waals surface area contributed by atoms with E-state index in [1.54, 1.807) is 11.8 Å². The minimum atomic E-state index is -0.0392. The average Bonchev–Trinajstić information content (AvgIpc) is 2.74. The molecular formula is C25H30N2O2S. The molecule has 0 bridgehead atoms. The Balaban J connectivity index is 1.58. The zero-order valence-corrected chi connectivity index (χ0v) is 18.8. The molecule has 1 aliphatic carbocycles. The first kappa shape index (κ1) is 21.0. The Morgan fingerprint density at radius 2 is 1.97 bits per heavy atom. The third kappa shape index (κ3) is 4.27. The molecule has 0 radical (unpaired) electrons. The van der Waals surface area contributed by atoms with E-state index < -0.39 is 0 Å². The summed E-state index contributed by atoms with van der Waals surface area (Å²) in [4.78, 5) is 28.7. The van der Waals surface area contributed by atoms with E-state index in [2.05, 4.69) is 38.2 Å². The zero-order chi connectivity index (χ0) is 21.3. The summed E-state index contributed by atoms with van der Waals surface area (Å²) in [6.45, 7) is 7.10. The second kappa shape index (κ2) is 8.84. The fraction of sp³-hybridized carbons (Fsp3) is 0.440. The molecule has 1 fully saturated rings. The van der Waals surface area contributed by atoms with Crippen LogP contribution in [0.3, 0.4) is 0 Å². The highest BCUT2D eigenvalue weighted by Crippen LogP contribution is 2.37. The predicted octanol–water partition coefficient (Wildman–Crippen LogP) is 5.19. The Morgan fingerprint density at radius 1 is 1.17 bits per heavy atom. The summed E-state index contributed by atoms with van der Waals surface area (Å²) in [5, 5.41) is 3.26. The Hall–Kier alpha value is -2.27. The lowest BCUT2D eigenvalue weighted by molar-refractivity contribution is -0.116. The van der Waals surface area contributed by atoms with Crippen LogP contribution in [0.5, 0.6) is 0 Å². The Kier molecular flexibility index (Phi) is 6.19. The van der Waals surface area contributed by atoms with Crippen LogP contribution in [-0.4, -0.2) is 23.6 Å². The summed E-state index contributed by atoms with van der Waals surface area (Å²) in [7, 11) is 0. The molecule has 1 heterocycles. The highest BCUT2D eigenvalue weighted by atomic mass is 32.2. The molecule has 3 atom stereocenters. The lowest BCUT2D eigenvalue weighted by Gasteiger charge is -2.34. The van der Waals surface area contributed by atoms with Crippen molar-refractivity contribution >= 4 is 29.3 Å². The number of hydrogen-bond donors (Lipinski definition) is 1. The number of anilines is 1. The maximum Gasteiger partial charge on any atom is 0.251 e. The van der Waals surface area contributed by atoms with Crippen molar-refractivity contribution in [3.05, 3.63) is 59.2 Å². The molecule has 1 N–H and O–H groups in total. The van der Waals surface area contributed by atoms with Gasteiger partial charge in [-0.3, -0.25) is 9.59 Å². The molecule has 4 nitrogen and oxygen atoms in total. The SMILES string of the molecule is Cc1ccccc1CN1C(=O)CSc2ccc(C(=O)N[C@H]3CCC[C@@H](C)[C@@H]3C)cc21. The summed E-state index contributed by atoms with van der Waals surface area (Å²) in [6, 6.07) is 14.1. The molecule has 0 spiro atoms. The molecule has 158 valence electrons. The third-order valence-electron chi connectivity index (χ3n) is 6.78. The van der Waals surface area contributed by atoms with Crippen molar-refractivity contribution in [1.29, 1.82) is 0 Å². The summed E-state index contributed by atoms with van der Waals surface area (Å²) >= 11 is 1.55. The van der Waals surface area contributed by atoms with Crippen molar-refractivity contribution < 1.29 is 9.59 Å². The summed E-state index contributed by atoms with van der Waals surface area (Å²) in [5.74, 6) is 1.59. The number of aryl methyl sites for hydroxylation is 1. The van der Waals surface area contributed by atoms with Crippen molar-refractivity contribution in [3.8, 4) is 0 Å². The van der Waals surface area contributed by atoms with Crippen LogP contribution in [0, 0.1) is 18.8 Å². The van der Waals surface area contributed by atoms with Crippen LogP contribution in [0.25, 0.3) is 0 Å². The molecule has 2 aromatic rings. The van der Waals surface area contributed by atoms with Crippen LogP contribution < -0.4 is 10.2 Å². The highest BCUT2D eigenvalue weighted by molar-refractivity contribution is 8.00. The molecule has 2 aliphatic rings. The molecule has 0 aromatic heterocycles. The molecule has 2 amide bonds. The minimum absolute atomic E-state index is 0.0392. The van der Waals surface area contributed by atoms with E-state index in [4.69, 9.17) is 0 Å². The first-order valence-corrected chi connectivity index (χ1v) is 11.8. The number of benzene rings is 2. The number of carbonyl (C=O) groups excluding carboxylic acids is 2. The number of hydrogen-bond acceptors (Lipinski definition) is 3. The maximum atomic E-state index is 13.0. The summed E-state index contributed by atoms with van der Waals surface area (Å²) < 4.78 is 0. The second-order valence-corrected chi connectivity index (χ2v) is 9.74. The number of rotatable bonds is 4. The summed E-state index contributed by atoms with van der Waals surface area (Å²) in [5.41, 5.74) is 3.77. The normalized spacial score (nSPS) is 23.8. The smallest absolute Gasteiger partial charge is 0.251 e. The molecule has 1 aliphatic heterocycles. The quantitative estimate of drug-likeness (QED) is 0.738. The van der Waals surface area contributed by atoms with Crippen molar-refractivity contribution in [1.82, 2.24) is 5.32 Å². The van der Waals surface area contributed by atoms with Crippen LogP contribution in [-0.2, 0) is 11.3 Å². The van der Waals surface area contributed by atoms with Gasteiger partial charge in [-0.1, -0.05) is 51.0 Å². The molecule has 2 aromatic carbocycles. The van der Waals surface area contributed by atoms with Gasteiger partial charge in [0.1, 0.15) is 0 Å². The second-order valence-electron chi connectivity index (χ2n) is 8.72. The number of fused-ring (bicyclic) bond motifs is 1. The van der Waals surface area contributed by atoms with Gasteiger partial charge in [-0.25, -0.2) is 0 Å². The van der Waals surface area contributed by atoms with Crippen molar-refractivity contribution in [3.63, 3.8) is 0 Å². The monoisotopic (exact) mass is 422 g/mol. The number of amides is 2. The van der Waals surface area contributed by atoms with Gasteiger partial charge in [0, 0.05) is 16.5 Å². The molecule has 1 saturated carbocycles. The fourth-order valence-electron chi connectivity index (χ4n) is 4.51. The lowest BCUT2D eigenvalue weighted by Crippen LogP contribution is -2.43. The van der Waals surface area contributed by atoms with Gasteiger partial charge in [0.25, 0.3) is 5.91 Å². The molecule has 30 heavy (non-hydrogen) atoms.